The van der Waals surface area contributed by atoms with Gasteiger partial charge in [-0.1, -0.05) is 32.0 Å². The second-order valence-electron chi connectivity index (χ2n) is 6.16. The van der Waals surface area contributed by atoms with Crippen LogP contribution in [0.5, 0.6) is 0 Å². The number of benzene rings is 1. The summed E-state index contributed by atoms with van der Waals surface area (Å²) >= 11 is 0. The molecule has 0 aliphatic heterocycles. The van der Waals surface area contributed by atoms with Crippen LogP contribution < -0.4 is 10.2 Å². The number of hydrogen-bond donors (Lipinski definition) is 1. The van der Waals surface area contributed by atoms with Crippen LogP contribution in [0, 0.1) is 0 Å². The Labute approximate surface area is 128 Å². The average molecular weight is 285 g/mol. The fourth-order valence-corrected chi connectivity index (χ4v) is 2.36. The summed E-state index contributed by atoms with van der Waals surface area (Å²) in [4.78, 5) is 7.14. The SMILES string of the molecule is CCNCc1cc(N(C)C(C)(C)CC)nc2ccccc12. The second kappa shape index (κ2) is 6.44. The quantitative estimate of drug-likeness (QED) is 0.870. The monoisotopic (exact) mass is 285 g/mol. The molecule has 1 aromatic heterocycles. The van der Waals surface area contributed by atoms with E-state index < -0.39 is 0 Å². The van der Waals surface area contributed by atoms with E-state index in [0.29, 0.717) is 0 Å². The van der Waals surface area contributed by atoms with Gasteiger partial charge in [0.2, 0.25) is 0 Å². The van der Waals surface area contributed by atoms with Crippen molar-refractivity contribution in [3.8, 4) is 0 Å². The topological polar surface area (TPSA) is 28.2 Å². The van der Waals surface area contributed by atoms with Gasteiger partial charge < -0.3 is 10.2 Å². The number of anilines is 1. The minimum Gasteiger partial charge on any atom is -0.355 e. The number of fused-ring (bicyclic) bond motifs is 1. The Bertz CT molecular complexity index is 604. The number of pyridine rings is 1. The van der Waals surface area contributed by atoms with E-state index in [9.17, 15) is 0 Å². The molecular formula is C18H27N3. The summed E-state index contributed by atoms with van der Waals surface area (Å²) in [5, 5.41) is 4.67. The van der Waals surface area contributed by atoms with E-state index in [1.807, 2.05) is 0 Å². The summed E-state index contributed by atoms with van der Waals surface area (Å²) in [6.45, 7) is 10.7. The molecule has 0 saturated carbocycles. The van der Waals surface area contributed by atoms with Crippen molar-refractivity contribution in [2.45, 2.75) is 46.2 Å². The van der Waals surface area contributed by atoms with Gasteiger partial charge in [-0.05, 0) is 44.5 Å². The van der Waals surface area contributed by atoms with E-state index in [1.54, 1.807) is 0 Å². The molecule has 2 aromatic rings. The maximum absolute atomic E-state index is 4.86. The molecule has 1 heterocycles. The molecule has 0 radical (unpaired) electrons. The third-order valence-corrected chi connectivity index (χ3v) is 4.47. The Balaban J connectivity index is 2.50. The summed E-state index contributed by atoms with van der Waals surface area (Å²) in [6.07, 6.45) is 1.08. The van der Waals surface area contributed by atoms with Crippen molar-refractivity contribution in [2.75, 3.05) is 18.5 Å². The molecule has 3 heteroatoms. The van der Waals surface area contributed by atoms with Gasteiger partial charge in [0, 0.05) is 24.5 Å². The van der Waals surface area contributed by atoms with Crippen molar-refractivity contribution < 1.29 is 0 Å². The molecule has 3 nitrogen and oxygen atoms in total. The molecule has 0 aliphatic rings. The van der Waals surface area contributed by atoms with E-state index in [0.717, 1.165) is 30.8 Å². The van der Waals surface area contributed by atoms with E-state index in [4.69, 9.17) is 4.98 Å². The van der Waals surface area contributed by atoms with Crippen molar-refractivity contribution in [2.24, 2.45) is 0 Å². The smallest absolute Gasteiger partial charge is 0.129 e. The molecular weight excluding hydrogens is 258 g/mol. The second-order valence-corrected chi connectivity index (χ2v) is 6.16. The van der Waals surface area contributed by atoms with Gasteiger partial charge >= 0.3 is 0 Å². The Morgan fingerprint density at radius 2 is 1.90 bits per heavy atom. The van der Waals surface area contributed by atoms with Crippen LogP contribution >= 0.6 is 0 Å². The molecule has 0 bridgehead atoms. The normalized spacial score (nSPS) is 11.9. The van der Waals surface area contributed by atoms with Gasteiger partial charge in [0.15, 0.2) is 0 Å². The fourth-order valence-electron chi connectivity index (χ4n) is 2.36. The van der Waals surface area contributed by atoms with Crippen molar-refractivity contribution in [1.82, 2.24) is 10.3 Å². The first kappa shape index (κ1) is 15.8. The zero-order valence-corrected chi connectivity index (χ0v) is 13.9. The predicted octanol–water partition coefficient (Wildman–Crippen LogP) is 3.97. The molecule has 0 unspecified atom stereocenters. The highest BCUT2D eigenvalue weighted by Crippen LogP contribution is 2.27. The van der Waals surface area contributed by atoms with Gasteiger partial charge in [-0.25, -0.2) is 4.98 Å². The lowest BCUT2D eigenvalue weighted by Gasteiger charge is -2.36. The Hall–Kier alpha value is -1.61. The highest BCUT2D eigenvalue weighted by molar-refractivity contribution is 5.84. The Morgan fingerprint density at radius 1 is 1.19 bits per heavy atom. The number of nitrogens with zero attached hydrogens (tertiary/aromatic N) is 2. The van der Waals surface area contributed by atoms with Gasteiger partial charge in [-0.15, -0.1) is 0 Å². The molecule has 0 atom stereocenters. The van der Waals surface area contributed by atoms with Crippen molar-refractivity contribution in [1.29, 1.82) is 0 Å². The maximum atomic E-state index is 4.86. The van der Waals surface area contributed by atoms with Crippen LogP contribution in [0.2, 0.25) is 0 Å². The third-order valence-electron chi connectivity index (χ3n) is 4.47. The summed E-state index contributed by atoms with van der Waals surface area (Å²) in [7, 11) is 2.14. The lowest BCUT2D eigenvalue weighted by atomic mass is 9.99. The summed E-state index contributed by atoms with van der Waals surface area (Å²) in [6, 6.07) is 10.6. The van der Waals surface area contributed by atoms with Gasteiger partial charge in [-0.2, -0.15) is 0 Å². The minimum absolute atomic E-state index is 0.102. The molecule has 21 heavy (non-hydrogen) atoms. The first-order valence-electron chi connectivity index (χ1n) is 7.82. The Morgan fingerprint density at radius 3 is 2.57 bits per heavy atom. The molecule has 0 aliphatic carbocycles. The number of nitrogens with one attached hydrogen (secondary N) is 1. The molecule has 0 saturated heterocycles. The molecule has 1 N–H and O–H groups in total. The molecule has 114 valence electrons. The largest absolute Gasteiger partial charge is 0.355 e. The van der Waals surface area contributed by atoms with Gasteiger partial charge in [0.05, 0.1) is 5.52 Å². The molecule has 0 fully saturated rings. The van der Waals surface area contributed by atoms with Crippen molar-refractivity contribution >= 4 is 16.7 Å². The summed E-state index contributed by atoms with van der Waals surface area (Å²) in [5.41, 5.74) is 2.49. The van der Waals surface area contributed by atoms with Crippen molar-refractivity contribution in [3.63, 3.8) is 0 Å². The molecule has 1 aromatic carbocycles. The first-order valence-corrected chi connectivity index (χ1v) is 7.82. The summed E-state index contributed by atoms with van der Waals surface area (Å²) in [5.74, 6) is 1.05. The van der Waals surface area contributed by atoms with Gasteiger partial charge in [-0.3, -0.25) is 0 Å². The minimum atomic E-state index is 0.102. The van der Waals surface area contributed by atoms with E-state index in [-0.39, 0.29) is 5.54 Å². The zero-order valence-electron chi connectivity index (χ0n) is 13.9. The number of aromatic nitrogens is 1. The average Bonchev–Trinajstić information content (AvgIpc) is 2.51. The predicted molar refractivity (Wildman–Crippen MR) is 91.9 cm³/mol. The number of hydrogen-bond acceptors (Lipinski definition) is 3. The van der Waals surface area contributed by atoms with E-state index >= 15 is 0 Å². The van der Waals surface area contributed by atoms with Crippen LogP contribution in [0.4, 0.5) is 5.82 Å². The van der Waals surface area contributed by atoms with E-state index in [2.05, 4.69) is 75.3 Å². The lowest BCUT2D eigenvalue weighted by Crippen LogP contribution is -2.41. The highest BCUT2D eigenvalue weighted by Gasteiger charge is 2.23. The van der Waals surface area contributed by atoms with E-state index in [1.165, 1.54) is 10.9 Å². The molecule has 0 amide bonds. The van der Waals surface area contributed by atoms with Crippen molar-refractivity contribution in [3.05, 3.63) is 35.9 Å². The molecule has 2 rings (SSSR count). The third kappa shape index (κ3) is 3.35. The van der Waals surface area contributed by atoms with Crippen LogP contribution in [0.15, 0.2) is 30.3 Å². The lowest BCUT2D eigenvalue weighted by molar-refractivity contribution is 0.467. The van der Waals surface area contributed by atoms with Gasteiger partial charge in [0.25, 0.3) is 0 Å². The van der Waals surface area contributed by atoms with Crippen LogP contribution in [0.3, 0.4) is 0 Å². The standard InChI is InChI=1S/C18H27N3/c1-6-18(3,4)21(5)17-12-14(13-19-7-2)15-10-8-9-11-16(15)20-17/h8-12,19H,6-7,13H2,1-5H3. The number of para-hydroxylation sites is 1. The maximum Gasteiger partial charge on any atom is 0.129 e. The van der Waals surface area contributed by atoms with Crippen LogP contribution in [0.25, 0.3) is 10.9 Å². The number of rotatable bonds is 6. The van der Waals surface area contributed by atoms with Crippen LogP contribution in [-0.4, -0.2) is 24.1 Å². The highest BCUT2D eigenvalue weighted by atomic mass is 15.2. The Kier molecular flexibility index (Phi) is 4.84. The fraction of sp³-hybridized carbons (Fsp3) is 0.500. The van der Waals surface area contributed by atoms with Crippen LogP contribution in [0.1, 0.15) is 39.7 Å². The van der Waals surface area contributed by atoms with Crippen LogP contribution in [-0.2, 0) is 6.54 Å². The zero-order chi connectivity index (χ0) is 15.5. The van der Waals surface area contributed by atoms with Gasteiger partial charge in [0.1, 0.15) is 5.82 Å². The summed E-state index contributed by atoms with van der Waals surface area (Å²) < 4.78 is 0. The molecule has 0 spiro atoms. The first-order chi connectivity index (χ1) is 9.99.